The Bertz CT molecular complexity index is 1310. The Morgan fingerprint density at radius 3 is 2.79 bits per heavy atom. The van der Waals surface area contributed by atoms with E-state index in [1.54, 1.807) is 13.0 Å². The average Bonchev–Trinajstić information content (AvgIpc) is 3.50. The standard InChI is InChI=1S/C22H23N3O6S3/c1-2-30-21(27)19-15-8-4-3-5-9-16(15)33-20(19)23-17(26)13-34(28,29)22-25-24-18(31-22)11-10-14-7-6-12-32-14/h6-7,10-12H,2-5,8-9,13H2,1H3,(H,23,26). The van der Waals surface area contributed by atoms with Crippen molar-refractivity contribution in [3.63, 3.8) is 0 Å². The van der Waals surface area contributed by atoms with E-state index in [1.807, 2.05) is 17.5 Å². The zero-order valence-corrected chi connectivity index (χ0v) is 20.9. The molecule has 0 fully saturated rings. The van der Waals surface area contributed by atoms with Crippen LogP contribution in [-0.4, -0.2) is 42.9 Å². The molecule has 12 heteroatoms. The molecular weight excluding hydrogens is 498 g/mol. The number of sulfone groups is 1. The number of fused-ring (bicyclic) bond motifs is 1. The predicted octanol–water partition coefficient (Wildman–Crippen LogP) is 4.22. The van der Waals surface area contributed by atoms with Gasteiger partial charge in [0.05, 0.1) is 12.2 Å². The summed E-state index contributed by atoms with van der Waals surface area (Å²) < 4.78 is 35.8. The molecule has 3 aromatic heterocycles. The second-order valence-corrected chi connectivity index (χ2v) is 11.5. The number of aromatic nitrogens is 2. The van der Waals surface area contributed by atoms with E-state index < -0.39 is 32.7 Å². The number of nitrogens with zero attached hydrogens (tertiary/aromatic N) is 2. The summed E-state index contributed by atoms with van der Waals surface area (Å²) in [6.07, 6.45) is 7.76. The quantitative estimate of drug-likeness (QED) is 0.345. The molecule has 0 bridgehead atoms. The third kappa shape index (κ3) is 5.62. The van der Waals surface area contributed by atoms with Crippen molar-refractivity contribution in [2.45, 2.75) is 44.3 Å². The molecule has 0 radical (unpaired) electrons. The van der Waals surface area contributed by atoms with Crippen LogP contribution in [0, 0.1) is 0 Å². The van der Waals surface area contributed by atoms with Gasteiger partial charge < -0.3 is 14.5 Å². The van der Waals surface area contributed by atoms with Crippen LogP contribution in [0.1, 0.15) is 57.8 Å². The minimum absolute atomic E-state index is 0.0129. The number of thiophene rings is 2. The van der Waals surface area contributed by atoms with E-state index >= 15 is 0 Å². The molecule has 0 saturated carbocycles. The van der Waals surface area contributed by atoms with Crippen LogP contribution in [0.15, 0.2) is 27.2 Å². The third-order valence-electron chi connectivity index (χ3n) is 5.10. The van der Waals surface area contributed by atoms with Crippen molar-refractivity contribution < 1.29 is 27.2 Å². The maximum absolute atomic E-state index is 12.7. The van der Waals surface area contributed by atoms with Crippen LogP contribution < -0.4 is 5.32 Å². The van der Waals surface area contributed by atoms with Gasteiger partial charge in [-0.1, -0.05) is 17.6 Å². The summed E-state index contributed by atoms with van der Waals surface area (Å²) in [6, 6.07) is 3.76. The second-order valence-electron chi connectivity index (χ2n) is 7.55. The molecule has 4 rings (SSSR count). The molecular formula is C22H23N3O6S3. The summed E-state index contributed by atoms with van der Waals surface area (Å²) in [5.74, 6) is -2.19. The molecule has 3 aromatic rings. The summed E-state index contributed by atoms with van der Waals surface area (Å²) in [6.45, 7) is 1.91. The van der Waals surface area contributed by atoms with Crippen LogP contribution in [0.4, 0.5) is 5.00 Å². The van der Waals surface area contributed by atoms with Crippen LogP contribution in [0.3, 0.4) is 0 Å². The maximum Gasteiger partial charge on any atom is 0.341 e. The normalized spacial score (nSPS) is 14.0. The average molecular weight is 522 g/mol. The van der Waals surface area contributed by atoms with Crippen molar-refractivity contribution in [3.05, 3.63) is 44.3 Å². The van der Waals surface area contributed by atoms with Gasteiger partial charge in [0.25, 0.3) is 0 Å². The van der Waals surface area contributed by atoms with E-state index in [-0.39, 0.29) is 12.5 Å². The summed E-state index contributed by atoms with van der Waals surface area (Å²) in [5.41, 5.74) is 1.21. The molecule has 1 aliphatic carbocycles. The number of carbonyl (C=O) groups is 2. The van der Waals surface area contributed by atoms with E-state index in [9.17, 15) is 18.0 Å². The number of rotatable bonds is 8. The Morgan fingerprint density at radius 2 is 2.03 bits per heavy atom. The van der Waals surface area contributed by atoms with Gasteiger partial charge >= 0.3 is 11.2 Å². The Balaban J connectivity index is 1.49. The maximum atomic E-state index is 12.7. The largest absolute Gasteiger partial charge is 0.462 e. The molecule has 0 atom stereocenters. The van der Waals surface area contributed by atoms with Crippen molar-refractivity contribution in [2.24, 2.45) is 0 Å². The Morgan fingerprint density at radius 1 is 1.21 bits per heavy atom. The number of hydrogen-bond donors (Lipinski definition) is 1. The van der Waals surface area contributed by atoms with Gasteiger partial charge in [-0.15, -0.1) is 27.8 Å². The second kappa shape index (κ2) is 10.6. The van der Waals surface area contributed by atoms with Crippen LogP contribution >= 0.6 is 22.7 Å². The Labute approximate surface area is 204 Å². The fourth-order valence-corrected chi connectivity index (χ4v) is 6.43. The first-order valence-corrected chi connectivity index (χ1v) is 14.1. The van der Waals surface area contributed by atoms with Crippen LogP contribution in [0.5, 0.6) is 0 Å². The number of anilines is 1. The molecule has 0 aromatic carbocycles. The van der Waals surface area contributed by atoms with E-state index in [2.05, 4.69) is 15.5 Å². The minimum Gasteiger partial charge on any atom is -0.462 e. The van der Waals surface area contributed by atoms with Gasteiger partial charge in [-0.3, -0.25) is 4.79 Å². The summed E-state index contributed by atoms with van der Waals surface area (Å²) in [5, 5.41) is 11.5. The van der Waals surface area contributed by atoms with E-state index in [4.69, 9.17) is 9.15 Å². The smallest absolute Gasteiger partial charge is 0.341 e. The number of amides is 1. The molecule has 0 spiro atoms. The predicted molar refractivity (Wildman–Crippen MR) is 130 cm³/mol. The zero-order chi connectivity index (χ0) is 24.1. The van der Waals surface area contributed by atoms with Gasteiger partial charge in [-0.05, 0) is 55.7 Å². The van der Waals surface area contributed by atoms with Crippen LogP contribution in [0.25, 0.3) is 12.2 Å². The first-order valence-electron chi connectivity index (χ1n) is 10.8. The lowest BCUT2D eigenvalue weighted by molar-refractivity contribution is -0.113. The number of aryl methyl sites for hydroxylation is 1. The van der Waals surface area contributed by atoms with E-state index in [1.165, 1.54) is 28.7 Å². The summed E-state index contributed by atoms with van der Waals surface area (Å²) in [7, 11) is -4.18. The first-order chi connectivity index (χ1) is 16.4. The van der Waals surface area contributed by atoms with E-state index in [0.29, 0.717) is 10.6 Å². The number of ether oxygens (including phenoxy) is 1. The molecule has 0 unspecified atom stereocenters. The SMILES string of the molecule is CCOC(=O)c1c(NC(=O)CS(=O)(=O)c2nnc(C=Cc3cccs3)o2)sc2c1CCCCC2. The van der Waals surface area contributed by atoms with Gasteiger partial charge in [0, 0.05) is 15.8 Å². The van der Waals surface area contributed by atoms with Gasteiger partial charge in [0.15, 0.2) is 0 Å². The highest BCUT2D eigenvalue weighted by Crippen LogP contribution is 2.38. The highest BCUT2D eigenvalue weighted by Gasteiger charge is 2.30. The zero-order valence-electron chi connectivity index (χ0n) is 18.4. The third-order valence-corrected chi connectivity index (χ3v) is 8.48. The highest BCUT2D eigenvalue weighted by atomic mass is 32.2. The molecule has 1 N–H and O–H groups in total. The van der Waals surface area contributed by atoms with Crippen molar-refractivity contribution in [2.75, 3.05) is 17.7 Å². The lowest BCUT2D eigenvalue weighted by Crippen LogP contribution is -2.24. The fraction of sp³-hybridized carbons (Fsp3) is 0.364. The highest BCUT2D eigenvalue weighted by molar-refractivity contribution is 7.91. The minimum atomic E-state index is -4.18. The Kier molecular flexibility index (Phi) is 7.59. The van der Waals surface area contributed by atoms with Gasteiger partial charge in [0.2, 0.25) is 21.6 Å². The van der Waals surface area contributed by atoms with Crippen molar-refractivity contribution in [1.82, 2.24) is 10.2 Å². The molecule has 0 saturated heterocycles. The molecule has 1 aliphatic rings. The Hall–Kier alpha value is -2.83. The van der Waals surface area contributed by atoms with E-state index in [0.717, 1.165) is 47.4 Å². The van der Waals surface area contributed by atoms with Crippen molar-refractivity contribution >= 4 is 61.5 Å². The lowest BCUT2D eigenvalue weighted by Gasteiger charge is -2.08. The molecule has 0 aliphatic heterocycles. The first kappa shape index (κ1) is 24.3. The molecule has 1 amide bonds. The number of esters is 1. The monoisotopic (exact) mass is 521 g/mol. The summed E-state index contributed by atoms with van der Waals surface area (Å²) >= 11 is 2.80. The van der Waals surface area contributed by atoms with Gasteiger partial charge in [-0.2, -0.15) is 0 Å². The van der Waals surface area contributed by atoms with Crippen LogP contribution in [0.2, 0.25) is 0 Å². The molecule has 9 nitrogen and oxygen atoms in total. The fourth-order valence-electron chi connectivity index (χ4n) is 3.60. The van der Waals surface area contributed by atoms with Gasteiger partial charge in [-0.25, -0.2) is 13.2 Å². The topological polar surface area (TPSA) is 128 Å². The lowest BCUT2D eigenvalue weighted by atomic mass is 10.1. The van der Waals surface area contributed by atoms with Crippen molar-refractivity contribution in [1.29, 1.82) is 0 Å². The van der Waals surface area contributed by atoms with Gasteiger partial charge in [0.1, 0.15) is 10.8 Å². The molecule has 180 valence electrons. The molecule has 34 heavy (non-hydrogen) atoms. The summed E-state index contributed by atoms with van der Waals surface area (Å²) in [4.78, 5) is 27.3. The molecule has 3 heterocycles. The van der Waals surface area contributed by atoms with Crippen molar-refractivity contribution in [3.8, 4) is 0 Å². The number of carbonyl (C=O) groups excluding carboxylic acids is 2. The number of hydrogen-bond acceptors (Lipinski definition) is 10. The van der Waals surface area contributed by atoms with Crippen LogP contribution in [-0.2, 0) is 32.2 Å². The number of nitrogens with one attached hydrogen (secondary N) is 1.